The summed E-state index contributed by atoms with van der Waals surface area (Å²) in [6, 6.07) is 2.89. The lowest BCUT2D eigenvalue weighted by molar-refractivity contribution is 0.266. The average Bonchev–Trinajstić information content (AvgIpc) is 2.79. The molecule has 0 radical (unpaired) electrons. The summed E-state index contributed by atoms with van der Waals surface area (Å²) < 4.78 is 2.17. The van der Waals surface area contributed by atoms with E-state index < -0.39 is 0 Å². The standard InChI is InChI=1S/C16H29N3/c1-4-17-16(14-9-7-6-8-10-14)12-15-11-13(3)18-19(15)5-2/h11,14,16-17H,4-10,12H2,1-3H3. The van der Waals surface area contributed by atoms with Gasteiger partial charge in [0.05, 0.1) is 5.69 Å². The maximum absolute atomic E-state index is 4.58. The second-order valence-electron chi connectivity index (χ2n) is 5.86. The molecule has 1 aromatic rings. The third-order valence-electron chi connectivity index (χ3n) is 4.40. The Morgan fingerprint density at radius 2 is 2.05 bits per heavy atom. The van der Waals surface area contributed by atoms with Gasteiger partial charge in [-0.3, -0.25) is 4.68 Å². The molecule has 1 aromatic heterocycles. The highest BCUT2D eigenvalue weighted by molar-refractivity contribution is 5.11. The SMILES string of the molecule is CCNC(Cc1cc(C)nn1CC)C1CCCCC1. The number of nitrogens with zero attached hydrogens (tertiary/aromatic N) is 2. The molecule has 1 unspecified atom stereocenters. The molecule has 1 aliphatic rings. The van der Waals surface area contributed by atoms with Crippen molar-refractivity contribution in [1.29, 1.82) is 0 Å². The predicted molar refractivity (Wildman–Crippen MR) is 80.4 cm³/mol. The molecule has 1 aliphatic carbocycles. The second-order valence-corrected chi connectivity index (χ2v) is 5.86. The lowest BCUT2D eigenvalue weighted by Gasteiger charge is -2.31. The topological polar surface area (TPSA) is 29.9 Å². The molecular formula is C16H29N3. The van der Waals surface area contributed by atoms with E-state index in [2.05, 4.69) is 41.9 Å². The van der Waals surface area contributed by atoms with Gasteiger partial charge >= 0.3 is 0 Å². The maximum atomic E-state index is 4.58. The van der Waals surface area contributed by atoms with Crippen molar-refractivity contribution in [3.63, 3.8) is 0 Å². The summed E-state index contributed by atoms with van der Waals surface area (Å²) in [6.07, 6.45) is 8.19. The van der Waals surface area contributed by atoms with Crippen molar-refractivity contribution in [1.82, 2.24) is 15.1 Å². The highest BCUT2D eigenvalue weighted by Crippen LogP contribution is 2.28. The minimum absolute atomic E-state index is 0.631. The zero-order valence-electron chi connectivity index (χ0n) is 12.8. The Balaban J connectivity index is 2.06. The fourth-order valence-electron chi connectivity index (χ4n) is 3.47. The van der Waals surface area contributed by atoms with Crippen LogP contribution in [0.1, 0.15) is 57.3 Å². The Bertz CT molecular complexity index is 377. The van der Waals surface area contributed by atoms with E-state index in [-0.39, 0.29) is 0 Å². The van der Waals surface area contributed by atoms with E-state index in [0.717, 1.165) is 31.1 Å². The van der Waals surface area contributed by atoms with Gasteiger partial charge in [-0.1, -0.05) is 26.2 Å². The van der Waals surface area contributed by atoms with Crippen LogP contribution >= 0.6 is 0 Å². The van der Waals surface area contributed by atoms with Gasteiger partial charge in [0.1, 0.15) is 0 Å². The van der Waals surface area contributed by atoms with Gasteiger partial charge in [0, 0.05) is 24.7 Å². The van der Waals surface area contributed by atoms with Gasteiger partial charge in [-0.05, 0) is 45.2 Å². The van der Waals surface area contributed by atoms with E-state index >= 15 is 0 Å². The second kappa shape index (κ2) is 7.09. The van der Waals surface area contributed by atoms with Crippen molar-refractivity contribution in [2.24, 2.45) is 5.92 Å². The number of hydrogen-bond donors (Lipinski definition) is 1. The van der Waals surface area contributed by atoms with Crippen LogP contribution in [0.3, 0.4) is 0 Å². The lowest BCUT2D eigenvalue weighted by atomic mass is 9.82. The van der Waals surface area contributed by atoms with E-state index in [0.29, 0.717) is 6.04 Å². The van der Waals surface area contributed by atoms with Crippen LogP contribution in [-0.4, -0.2) is 22.4 Å². The molecule has 0 aromatic carbocycles. The van der Waals surface area contributed by atoms with E-state index in [1.807, 2.05) is 0 Å². The zero-order chi connectivity index (χ0) is 13.7. The molecule has 2 rings (SSSR count). The molecule has 1 N–H and O–H groups in total. The zero-order valence-corrected chi connectivity index (χ0v) is 12.8. The number of nitrogens with one attached hydrogen (secondary N) is 1. The van der Waals surface area contributed by atoms with E-state index in [4.69, 9.17) is 0 Å². The van der Waals surface area contributed by atoms with E-state index in [9.17, 15) is 0 Å². The molecule has 0 spiro atoms. The monoisotopic (exact) mass is 263 g/mol. The number of likely N-dealkylation sites (N-methyl/N-ethyl adjacent to an activating group) is 1. The molecular weight excluding hydrogens is 234 g/mol. The summed E-state index contributed by atoms with van der Waals surface area (Å²) in [4.78, 5) is 0. The van der Waals surface area contributed by atoms with Crippen LogP contribution in [-0.2, 0) is 13.0 Å². The molecule has 19 heavy (non-hydrogen) atoms. The molecule has 3 heteroatoms. The molecule has 1 saturated carbocycles. The third kappa shape index (κ3) is 3.82. The molecule has 0 saturated heterocycles. The minimum Gasteiger partial charge on any atom is -0.314 e. The summed E-state index contributed by atoms with van der Waals surface area (Å²) >= 11 is 0. The first-order chi connectivity index (χ1) is 9.24. The first-order valence-corrected chi connectivity index (χ1v) is 8.01. The fraction of sp³-hybridized carbons (Fsp3) is 0.812. The normalized spacial score (nSPS) is 18.7. The van der Waals surface area contributed by atoms with Crippen LogP contribution in [0.2, 0.25) is 0 Å². The van der Waals surface area contributed by atoms with Gasteiger partial charge in [-0.15, -0.1) is 0 Å². The molecule has 1 atom stereocenters. The fourth-order valence-corrected chi connectivity index (χ4v) is 3.47. The Kier molecular flexibility index (Phi) is 5.44. The number of hydrogen-bond acceptors (Lipinski definition) is 2. The first-order valence-electron chi connectivity index (χ1n) is 8.01. The van der Waals surface area contributed by atoms with Crippen molar-refractivity contribution in [2.75, 3.05) is 6.54 Å². The van der Waals surface area contributed by atoms with Crippen LogP contribution in [0.15, 0.2) is 6.07 Å². The highest BCUT2D eigenvalue weighted by atomic mass is 15.3. The van der Waals surface area contributed by atoms with Gasteiger partial charge in [0.25, 0.3) is 0 Å². The van der Waals surface area contributed by atoms with Crippen molar-refractivity contribution in [3.05, 3.63) is 17.5 Å². The summed E-state index contributed by atoms with van der Waals surface area (Å²) in [5.41, 5.74) is 2.55. The molecule has 108 valence electrons. The highest BCUT2D eigenvalue weighted by Gasteiger charge is 2.24. The summed E-state index contributed by atoms with van der Waals surface area (Å²) in [5, 5.41) is 8.30. The average molecular weight is 263 g/mol. The van der Waals surface area contributed by atoms with Crippen LogP contribution in [0, 0.1) is 12.8 Å². The molecule has 1 heterocycles. The minimum atomic E-state index is 0.631. The predicted octanol–water partition coefficient (Wildman–Crippen LogP) is 3.31. The van der Waals surface area contributed by atoms with Gasteiger partial charge in [-0.25, -0.2) is 0 Å². The van der Waals surface area contributed by atoms with Gasteiger partial charge in [0.15, 0.2) is 0 Å². The molecule has 1 fully saturated rings. The van der Waals surface area contributed by atoms with Gasteiger partial charge < -0.3 is 5.32 Å². The Labute approximate surface area is 117 Å². The quantitative estimate of drug-likeness (QED) is 0.853. The van der Waals surface area contributed by atoms with Crippen molar-refractivity contribution in [2.45, 2.75) is 71.9 Å². The Morgan fingerprint density at radius 3 is 2.68 bits per heavy atom. The van der Waals surface area contributed by atoms with Crippen LogP contribution in [0.4, 0.5) is 0 Å². The van der Waals surface area contributed by atoms with Crippen molar-refractivity contribution in [3.8, 4) is 0 Å². The molecule has 0 amide bonds. The lowest BCUT2D eigenvalue weighted by Crippen LogP contribution is -2.39. The Morgan fingerprint density at radius 1 is 1.32 bits per heavy atom. The van der Waals surface area contributed by atoms with Crippen molar-refractivity contribution >= 4 is 0 Å². The van der Waals surface area contributed by atoms with E-state index in [1.165, 1.54) is 37.8 Å². The van der Waals surface area contributed by atoms with Crippen LogP contribution in [0.25, 0.3) is 0 Å². The summed E-state index contributed by atoms with van der Waals surface area (Å²) in [7, 11) is 0. The Hall–Kier alpha value is -0.830. The van der Waals surface area contributed by atoms with Gasteiger partial charge in [-0.2, -0.15) is 5.10 Å². The number of aromatic nitrogens is 2. The summed E-state index contributed by atoms with van der Waals surface area (Å²) in [6.45, 7) is 8.54. The van der Waals surface area contributed by atoms with Crippen molar-refractivity contribution < 1.29 is 0 Å². The number of aryl methyl sites for hydroxylation is 2. The van der Waals surface area contributed by atoms with E-state index in [1.54, 1.807) is 0 Å². The first kappa shape index (κ1) is 14.6. The molecule has 3 nitrogen and oxygen atoms in total. The third-order valence-corrected chi connectivity index (χ3v) is 4.40. The molecule has 0 aliphatic heterocycles. The number of rotatable bonds is 6. The van der Waals surface area contributed by atoms with Crippen LogP contribution < -0.4 is 5.32 Å². The largest absolute Gasteiger partial charge is 0.314 e. The summed E-state index contributed by atoms with van der Waals surface area (Å²) in [5.74, 6) is 0.856. The smallest absolute Gasteiger partial charge is 0.0596 e. The van der Waals surface area contributed by atoms with Crippen LogP contribution in [0.5, 0.6) is 0 Å². The van der Waals surface area contributed by atoms with Gasteiger partial charge in [0.2, 0.25) is 0 Å². The maximum Gasteiger partial charge on any atom is 0.0596 e. The molecule has 0 bridgehead atoms.